The molecule has 0 saturated carbocycles. The third-order valence-corrected chi connectivity index (χ3v) is 3.32. The van der Waals surface area contributed by atoms with Gasteiger partial charge in [0.1, 0.15) is 5.75 Å². The smallest absolute Gasteiger partial charge is 0.414 e. The number of nitrogens with one attached hydrogen (secondary N) is 1. The lowest BCUT2D eigenvalue weighted by molar-refractivity contribution is -0.159. The van der Waals surface area contributed by atoms with Crippen molar-refractivity contribution in [1.82, 2.24) is 5.32 Å². The highest BCUT2D eigenvalue weighted by Crippen LogP contribution is 2.27. The second kappa shape index (κ2) is 14.0. The Morgan fingerprint density at radius 3 is 2.25 bits per heavy atom. The number of aliphatic carboxylic acids is 2. The fourth-order valence-electron chi connectivity index (χ4n) is 1.44. The number of halogens is 2. The normalized spacial score (nSPS) is 9.79. The quantitative estimate of drug-likeness (QED) is 0.412. The number of carbonyl (C=O) groups is 2. The van der Waals surface area contributed by atoms with Gasteiger partial charge in [0, 0.05) is 18.2 Å². The summed E-state index contributed by atoms with van der Waals surface area (Å²) in [6.07, 6.45) is 2.00. The standard InChI is InChI=1S/C13H19BrClNO2.C2H2O4/c1-17-8-2-6-16-7-3-9-18-13-5-4-11(14)10-12(13)15;3-1(4)2(5)6/h4-5,10,16H,2-3,6-9H2,1H3;(H,3,4)(H,5,6). The van der Waals surface area contributed by atoms with Crippen LogP contribution in [0.4, 0.5) is 0 Å². The van der Waals surface area contributed by atoms with E-state index < -0.39 is 11.9 Å². The monoisotopic (exact) mass is 425 g/mol. The van der Waals surface area contributed by atoms with E-state index in [1.807, 2.05) is 18.2 Å². The van der Waals surface area contributed by atoms with Crippen molar-refractivity contribution in [3.63, 3.8) is 0 Å². The van der Waals surface area contributed by atoms with Crippen LogP contribution in [0.1, 0.15) is 12.8 Å². The van der Waals surface area contributed by atoms with Crippen LogP contribution in [0.5, 0.6) is 5.75 Å². The summed E-state index contributed by atoms with van der Waals surface area (Å²) in [6.45, 7) is 3.39. The molecule has 0 saturated heterocycles. The summed E-state index contributed by atoms with van der Waals surface area (Å²) in [6, 6.07) is 5.63. The highest BCUT2D eigenvalue weighted by Gasteiger charge is 2.04. The minimum absolute atomic E-state index is 0.637. The number of ether oxygens (including phenoxy) is 2. The number of hydrogen-bond acceptors (Lipinski definition) is 5. The lowest BCUT2D eigenvalue weighted by Crippen LogP contribution is -2.19. The first kappa shape index (κ1) is 22.6. The van der Waals surface area contributed by atoms with Crippen molar-refractivity contribution in [3.8, 4) is 5.75 Å². The van der Waals surface area contributed by atoms with Crippen LogP contribution in [0.25, 0.3) is 0 Å². The van der Waals surface area contributed by atoms with Crippen molar-refractivity contribution in [3.05, 3.63) is 27.7 Å². The molecule has 1 rings (SSSR count). The number of benzene rings is 1. The molecule has 0 radical (unpaired) electrons. The molecule has 0 aromatic heterocycles. The molecule has 0 aliphatic heterocycles. The molecular weight excluding hydrogens is 406 g/mol. The molecule has 0 heterocycles. The van der Waals surface area contributed by atoms with E-state index in [2.05, 4.69) is 21.2 Å². The molecule has 0 amide bonds. The zero-order valence-corrected chi connectivity index (χ0v) is 15.6. The Morgan fingerprint density at radius 1 is 1.17 bits per heavy atom. The van der Waals surface area contributed by atoms with Crippen molar-refractivity contribution >= 4 is 39.5 Å². The van der Waals surface area contributed by atoms with Crippen molar-refractivity contribution in [2.24, 2.45) is 0 Å². The molecule has 136 valence electrons. The van der Waals surface area contributed by atoms with Gasteiger partial charge < -0.3 is 25.0 Å². The van der Waals surface area contributed by atoms with E-state index in [9.17, 15) is 0 Å². The largest absolute Gasteiger partial charge is 0.492 e. The predicted molar refractivity (Wildman–Crippen MR) is 93.9 cm³/mol. The van der Waals surface area contributed by atoms with E-state index in [1.54, 1.807) is 7.11 Å². The van der Waals surface area contributed by atoms with Crippen LogP contribution in [0.15, 0.2) is 22.7 Å². The van der Waals surface area contributed by atoms with Crippen LogP contribution in [0.3, 0.4) is 0 Å². The molecule has 0 aliphatic rings. The molecule has 7 nitrogen and oxygen atoms in total. The fourth-order valence-corrected chi connectivity index (χ4v) is 2.17. The Morgan fingerprint density at radius 2 is 1.75 bits per heavy atom. The molecule has 3 N–H and O–H groups in total. The molecule has 0 unspecified atom stereocenters. The van der Waals surface area contributed by atoms with Gasteiger partial charge in [0.25, 0.3) is 0 Å². The second-order valence-corrected chi connectivity index (χ2v) is 5.81. The molecule has 9 heteroatoms. The molecule has 1 aromatic carbocycles. The first-order valence-corrected chi connectivity index (χ1v) is 8.29. The van der Waals surface area contributed by atoms with Gasteiger partial charge in [-0.3, -0.25) is 0 Å². The molecule has 0 bridgehead atoms. The van der Waals surface area contributed by atoms with E-state index in [-0.39, 0.29) is 0 Å². The predicted octanol–water partition coefficient (Wildman–Crippen LogP) is 2.65. The van der Waals surface area contributed by atoms with Crippen molar-refractivity contribution < 1.29 is 29.3 Å². The summed E-state index contributed by atoms with van der Waals surface area (Å²) in [5.41, 5.74) is 0. The fraction of sp³-hybridized carbons (Fsp3) is 0.467. The van der Waals surface area contributed by atoms with Gasteiger partial charge in [0.05, 0.1) is 11.6 Å². The maximum Gasteiger partial charge on any atom is 0.414 e. The first-order chi connectivity index (χ1) is 11.4. The van der Waals surface area contributed by atoms with Gasteiger partial charge in [-0.1, -0.05) is 27.5 Å². The van der Waals surface area contributed by atoms with Gasteiger partial charge in [-0.2, -0.15) is 0 Å². The summed E-state index contributed by atoms with van der Waals surface area (Å²) in [5.74, 6) is -2.91. The molecule has 24 heavy (non-hydrogen) atoms. The SMILES string of the molecule is COCCCNCCCOc1ccc(Br)cc1Cl.O=C(O)C(=O)O. The van der Waals surface area contributed by atoms with Crippen LogP contribution in [-0.4, -0.2) is 55.6 Å². The highest BCUT2D eigenvalue weighted by atomic mass is 79.9. The van der Waals surface area contributed by atoms with Gasteiger partial charge in [-0.15, -0.1) is 0 Å². The van der Waals surface area contributed by atoms with Crippen LogP contribution in [-0.2, 0) is 14.3 Å². The summed E-state index contributed by atoms with van der Waals surface area (Å²) in [4.78, 5) is 18.2. The lowest BCUT2D eigenvalue weighted by Gasteiger charge is -2.08. The Hall–Kier alpha value is -1.35. The summed E-state index contributed by atoms with van der Waals surface area (Å²) < 4.78 is 11.5. The Balaban J connectivity index is 0.000000754. The first-order valence-electron chi connectivity index (χ1n) is 7.12. The third kappa shape index (κ3) is 12.1. The molecule has 0 spiro atoms. The number of carboxylic acids is 2. The number of carboxylic acid groups (broad SMARTS) is 2. The highest BCUT2D eigenvalue weighted by molar-refractivity contribution is 9.10. The van der Waals surface area contributed by atoms with E-state index in [0.29, 0.717) is 11.6 Å². The summed E-state index contributed by atoms with van der Waals surface area (Å²) in [7, 11) is 1.72. The van der Waals surface area contributed by atoms with Gasteiger partial charge >= 0.3 is 11.9 Å². The van der Waals surface area contributed by atoms with Gasteiger partial charge in [0.2, 0.25) is 0 Å². The Kier molecular flexibility index (Phi) is 13.2. The summed E-state index contributed by atoms with van der Waals surface area (Å²) in [5, 5.41) is 18.7. The van der Waals surface area contributed by atoms with Crippen molar-refractivity contribution in [2.45, 2.75) is 12.8 Å². The number of methoxy groups -OCH3 is 1. The minimum atomic E-state index is -1.82. The van der Waals surface area contributed by atoms with Crippen LogP contribution in [0, 0.1) is 0 Å². The zero-order chi connectivity index (χ0) is 18.4. The van der Waals surface area contributed by atoms with E-state index in [0.717, 1.165) is 42.8 Å². The zero-order valence-electron chi connectivity index (χ0n) is 13.3. The van der Waals surface area contributed by atoms with Crippen LogP contribution < -0.4 is 10.1 Å². The lowest BCUT2D eigenvalue weighted by atomic mass is 10.3. The molecule has 0 aliphatic carbocycles. The van der Waals surface area contributed by atoms with E-state index in [4.69, 9.17) is 40.9 Å². The molecule has 0 fully saturated rings. The van der Waals surface area contributed by atoms with Gasteiger partial charge in [0.15, 0.2) is 0 Å². The Labute approximate surface area is 154 Å². The maximum atomic E-state index is 9.10. The average molecular weight is 427 g/mol. The molecule has 1 aromatic rings. The van der Waals surface area contributed by atoms with E-state index in [1.165, 1.54) is 0 Å². The number of rotatable bonds is 9. The van der Waals surface area contributed by atoms with Crippen molar-refractivity contribution in [1.29, 1.82) is 0 Å². The third-order valence-electron chi connectivity index (χ3n) is 2.53. The molecule has 0 atom stereocenters. The van der Waals surface area contributed by atoms with E-state index >= 15 is 0 Å². The summed E-state index contributed by atoms with van der Waals surface area (Å²) >= 11 is 9.40. The Bertz CT molecular complexity index is 503. The molecular formula is C15H21BrClNO6. The van der Waals surface area contributed by atoms with Crippen LogP contribution in [0.2, 0.25) is 5.02 Å². The maximum absolute atomic E-state index is 9.10. The van der Waals surface area contributed by atoms with Crippen molar-refractivity contribution in [2.75, 3.05) is 33.4 Å². The van der Waals surface area contributed by atoms with Gasteiger partial charge in [-0.25, -0.2) is 9.59 Å². The average Bonchev–Trinajstić information content (AvgIpc) is 2.52. The minimum Gasteiger partial charge on any atom is -0.492 e. The van der Waals surface area contributed by atoms with Crippen LogP contribution >= 0.6 is 27.5 Å². The van der Waals surface area contributed by atoms with Gasteiger partial charge in [-0.05, 0) is 44.1 Å². The second-order valence-electron chi connectivity index (χ2n) is 4.48. The number of hydrogen-bond donors (Lipinski definition) is 3. The topological polar surface area (TPSA) is 105 Å².